The first-order valence-electron chi connectivity index (χ1n) is 5.38. The SMILES string of the molecule is NC(=O)Nc1cccc(CCc2ncc[nH]2)c1. The van der Waals surface area contributed by atoms with Gasteiger partial charge in [0.25, 0.3) is 0 Å². The van der Waals surface area contributed by atoms with Crippen molar-refractivity contribution in [2.45, 2.75) is 12.8 Å². The summed E-state index contributed by atoms with van der Waals surface area (Å²) in [6.07, 6.45) is 5.25. The number of aryl methyl sites for hydroxylation is 2. The highest BCUT2D eigenvalue weighted by atomic mass is 16.2. The van der Waals surface area contributed by atoms with Gasteiger partial charge in [0.05, 0.1) is 0 Å². The Hall–Kier alpha value is -2.30. The van der Waals surface area contributed by atoms with Crippen LogP contribution in [0.5, 0.6) is 0 Å². The summed E-state index contributed by atoms with van der Waals surface area (Å²) in [5.74, 6) is 0.957. The van der Waals surface area contributed by atoms with Crippen molar-refractivity contribution in [1.82, 2.24) is 9.97 Å². The second-order valence-electron chi connectivity index (χ2n) is 3.73. The molecule has 0 spiro atoms. The molecule has 0 aliphatic carbocycles. The molecule has 4 N–H and O–H groups in total. The summed E-state index contributed by atoms with van der Waals surface area (Å²) in [4.78, 5) is 17.9. The van der Waals surface area contributed by atoms with Gasteiger partial charge in [-0.3, -0.25) is 0 Å². The van der Waals surface area contributed by atoms with Crippen molar-refractivity contribution in [3.05, 3.63) is 48.0 Å². The fraction of sp³-hybridized carbons (Fsp3) is 0.167. The average molecular weight is 230 g/mol. The van der Waals surface area contributed by atoms with Crippen molar-refractivity contribution < 1.29 is 4.79 Å². The number of aromatic amines is 1. The number of benzene rings is 1. The maximum absolute atomic E-state index is 10.7. The monoisotopic (exact) mass is 230 g/mol. The number of imidazole rings is 1. The number of primary amides is 1. The third kappa shape index (κ3) is 3.34. The highest BCUT2D eigenvalue weighted by Gasteiger charge is 2.00. The van der Waals surface area contributed by atoms with Crippen LogP contribution in [0, 0.1) is 0 Å². The zero-order valence-electron chi connectivity index (χ0n) is 9.31. The van der Waals surface area contributed by atoms with Crippen LogP contribution in [-0.2, 0) is 12.8 Å². The molecule has 0 bridgehead atoms. The Morgan fingerprint density at radius 2 is 2.29 bits per heavy atom. The third-order valence-electron chi connectivity index (χ3n) is 2.40. The maximum atomic E-state index is 10.7. The predicted octanol–water partition coefficient (Wildman–Crippen LogP) is 1.69. The van der Waals surface area contributed by atoms with Gasteiger partial charge in [-0.25, -0.2) is 9.78 Å². The van der Waals surface area contributed by atoms with E-state index in [1.807, 2.05) is 18.2 Å². The largest absolute Gasteiger partial charge is 0.351 e. The number of aromatic nitrogens is 2. The Morgan fingerprint density at radius 1 is 1.41 bits per heavy atom. The van der Waals surface area contributed by atoms with Gasteiger partial charge in [0.2, 0.25) is 0 Å². The van der Waals surface area contributed by atoms with Crippen LogP contribution in [0.1, 0.15) is 11.4 Å². The second-order valence-corrected chi connectivity index (χ2v) is 3.73. The average Bonchev–Trinajstić information content (AvgIpc) is 2.79. The molecule has 0 atom stereocenters. The Labute approximate surface area is 99.1 Å². The lowest BCUT2D eigenvalue weighted by molar-refractivity contribution is 0.259. The predicted molar refractivity (Wildman–Crippen MR) is 65.6 cm³/mol. The molecule has 5 heteroatoms. The first-order chi connectivity index (χ1) is 8.24. The quantitative estimate of drug-likeness (QED) is 0.746. The Kier molecular flexibility index (Phi) is 3.40. The number of hydrogen-bond donors (Lipinski definition) is 3. The first kappa shape index (κ1) is 11.2. The van der Waals surface area contributed by atoms with Gasteiger partial charge < -0.3 is 16.0 Å². The van der Waals surface area contributed by atoms with Gasteiger partial charge in [-0.1, -0.05) is 12.1 Å². The zero-order valence-corrected chi connectivity index (χ0v) is 9.31. The van der Waals surface area contributed by atoms with E-state index in [1.165, 1.54) is 0 Å². The van der Waals surface area contributed by atoms with Crippen molar-refractivity contribution in [3.8, 4) is 0 Å². The summed E-state index contributed by atoms with van der Waals surface area (Å²) in [5, 5.41) is 2.55. The summed E-state index contributed by atoms with van der Waals surface area (Å²) in [7, 11) is 0. The minimum Gasteiger partial charge on any atom is -0.351 e. The van der Waals surface area contributed by atoms with Crippen LogP contribution in [0.25, 0.3) is 0 Å². The molecule has 1 aromatic carbocycles. The van der Waals surface area contributed by atoms with Crippen LogP contribution >= 0.6 is 0 Å². The van der Waals surface area contributed by atoms with Crippen molar-refractivity contribution in [3.63, 3.8) is 0 Å². The molecule has 0 saturated carbocycles. The van der Waals surface area contributed by atoms with Crippen LogP contribution in [0.4, 0.5) is 10.5 Å². The van der Waals surface area contributed by atoms with Crippen LogP contribution in [-0.4, -0.2) is 16.0 Å². The Balaban J connectivity index is 1.98. The minimum absolute atomic E-state index is 0.548. The molecule has 2 amide bonds. The van der Waals surface area contributed by atoms with E-state index < -0.39 is 6.03 Å². The number of carbonyl (C=O) groups excluding carboxylic acids is 1. The van der Waals surface area contributed by atoms with Crippen LogP contribution in [0.15, 0.2) is 36.7 Å². The molecule has 0 fully saturated rings. The zero-order chi connectivity index (χ0) is 12.1. The molecular weight excluding hydrogens is 216 g/mol. The van der Waals surface area contributed by atoms with E-state index >= 15 is 0 Å². The first-order valence-corrected chi connectivity index (χ1v) is 5.38. The van der Waals surface area contributed by atoms with Gasteiger partial charge in [-0.2, -0.15) is 0 Å². The summed E-state index contributed by atoms with van der Waals surface area (Å²) in [6, 6.07) is 7.07. The van der Waals surface area contributed by atoms with E-state index in [0.29, 0.717) is 0 Å². The van der Waals surface area contributed by atoms with Crippen LogP contribution in [0.3, 0.4) is 0 Å². The fourth-order valence-electron chi connectivity index (χ4n) is 1.64. The molecule has 1 aromatic heterocycles. The molecule has 0 aliphatic heterocycles. The second kappa shape index (κ2) is 5.16. The van der Waals surface area contributed by atoms with E-state index in [0.717, 1.165) is 29.9 Å². The molecule has 0 saturated heterocycles. The van der Waals surface area contributed by atoms with Gasteiger partial charge in [-0.05, 0) is 24.1 Å². The van der Waals surface area contributed by atoms with Gasteiger partial charge in [-0.15, -0.1) is 0 Å². The minimum atomic E-state index is -0.548. The van der Waals surface area contributed by atoms with E-state index in [-0.39, 0.29) is 0 Å². The van der Waals surface area contributed by atoms with Gasteiger partial charge in [0.15, 0.2) is 0 Å². The number of rotatable bonds is 4. The number of nitrogens with one attached hydrogen (secondary N) is 2. The molecule has 0 unspecified atom stereocenters. The number of nitrogens with zero attached hydrogens (tertiary/aromatic N) is 1. The number of hydrogen-bond acceptors (Lipinski definition) is 2. The lowest BCUT2D eigenvalue weighted by Gasteiger charge is -2.04. The Bertz CT molecular complexity index is 493. The highest BCUT2D eigenvalue weighted by Crippen LogP contribution is 2.12. The van der Waals surface area contributed by atoms with Gasteiger partial charge in [0, 0.05) is 24.5 Å². The molecule has 5 nitrogen and oxygen atoms in total. The number of H-pyrrole nitrogens is 1. The number of urea groups is 1. The maximum Gasteiger partial charge on any atom is 0.316 e. The third-order valence-corrected chi connectivity index (χ3v) is 2.40. The van der Waals surface area contributed by atoms with Crippen LogP contribution in [0.2, 0.25) is 0 Å². The molecule has 88 valence electrons. The highest BCUT2D eigenvalue weighted by molar-refractivity contribution is 5.87. The Morgan fingerprint density at radius 3 is 3.00 bits per heavy atom. The molecule has 2 rings (SSSR count). The van der Waals surface area contributed by atoms with Crippen LogP contribution < -0.4 is 11.1 Å². The van der Waals surface area contributed by atoms with E-state index in [2.05, 4.69) is 15.3 Å². The molecule has 2 aromatic rings. The lowest BCUT2D eigenvalue weighted by atomic mass is 10.1. The van der Waals surface area contributed by atoms with E-state index in [4.69, 9.17) is 5.73 Å². The van der Waals surface area contributed by atoms with Crippen molar-refractivity contribution in [2.75, 3.05) is 5.32 Å². The van der Waals surface area contributed by atoms with Crippen molar-refractivity contribution >= 4 is 11.7 Å². The smallest absolute Gasteiger partial charge is 0.316 e. The topological polar surface area (TPSA) is 83.8 Å². The number of anilines is 1. The summed E-state index contributed by atoms with van der Waals surface area (Å²) < 4.78 is 0. The van der Waals surface area contributed by atoms with E-state index in [1.54, 1.807) is 18.5 Å². The number of carbonyl (C=O) groups is 1. The molecule has 0 aliphatic rings. The lowest BCUT2D eigenvalue weighted by Crippen LogP contribution is -2.19. The summed E-state index contributed by atoms with van der Waals surface area (Å²) in [6.45, 7) is 0. The van der Waals surface area contributed by atoms with Gasteiger partial charge in [0.1, 0.15) is 5.82 Å². The number of nitrogens with two attached hydrogens (primary N) is 1. The summed E-state index contributed by atoms with van der Waals surface area (Å²) in [5.41, 5.74) is 6.91. The molecule has 17 heavy (non-hydrogen) atoms. The molecular formula is C12H14N4O. The standard InChI is InChI=1S/C12H14N4O/c13-12(17)16-10-3-1-2-9(8-10)4-5-11-14-6-7-15-11/h1-3,6-8H,4-5H2,(H,14,15)(H3,13,16,17). The molecule has 1 heterocycles. The fourth-order valence-corrected chi connectivity index (χ4v) is 1.64. The van der Waals surface area contributed by atoms with Crippen molar-refractivity contribution in [1.29, 1.82) is 0 Å². The normalized spacial score (nSPS) is 10.1. The number of amides is 2. The molecule has 0 radical (unpaired) electrons. The van der Waals surface area contributed by atoms with Gasteiger partial charge >= 0.3 is 6.03 Å². The van der Waals surface area contributed by atoms with Crippen molar-refractivity contribution in [2.24, 2.45) is 5.73 Å². The summed E-state index contributed by atoms with van der Waals surface area (Å²) >= 11 is 0. The van der Waals surface area contributed by atoms with E-state index in [9.17, 15) is 4.79 Å².